The third kappa shape index (κ3) is 15.9. The number of para-hydroxylation sites is 7. The molecule has 25 aromatic rings. The Morgan fingerprint density at radius 2 is 0.530 bits per heavy atom. The molecular formula is C137H104N8O3Si. The van der Waals surface area contributed by atoms with Crippen molar-refractivity contribution in [3.63, 3.8) is 0 Å². The molecule has 0 fully saturated rings. The molecule has 12 heteroatoms. The average molecular weight is 1940 g/mol. The SMILES string of the molecule is Cc1ccc2c(c1)C1(c3ccccc3-c3ccccc31)c1cc([Si](C)(C)C)ccc1N2c1ccc2c(=O)n(-c3ccccc3)cc(C)c2c1.Cc1cn(-c2ccccc2)c(=O)c2ccc(-n3c4ccc(-c5ccccc5)cc4c4cc(-c5ccccc5)ccc43)cc12.Cc1cn(-c2ccccc2)c(=O)c2ccc(-n3c4ccc(N(c5ccccc5)c5ccccc5)cc4c4cc(N(c5ccccc5)c5ccccc5)ccc43)cc12. The maximum Gasteiger partial charge on any atom is 0.262 e. The van der Waals surface area contributed by atoms with E-state index in [-0.39, 0.29) is 16.7 Å². The van der Waals surface area contributed by atoms with Crippen molar-refractivity contribution in [2.45, 2.75) is 52.8 Å². The second kappa shape index (κ2) is 37.5. The number of benzene rings is 20. The first-order valence-electron chi connectivity index (χ1n) is 50.9. The van der Waals surface area contributed by atoms with Crippen molar-refractivity contribution in [2.75, 3.05) is 14.7 Å². The molecule has 0 saturated carbocycles. The monoisotopic (exact) mass is 1940 g/mol. The van der Waals surface area contributed by atoms with Crippen LogP contribution in [0.15, 0.2) is 518 Å². The van der Waals surface area contributed by atoms with Crippen LogP contribution in [0.2, 0.25) is 19.6 Å². The highest BCUT2D eigenvalue weighted by Gasteiger charge is 2.52. The molecule has 1 spiro atoms. The Bertz CT molecular complexity index is 9390. The lowest BCUT2D eigenvalue weighted by Gasteiger charge is -2.45. The van der Waals surface area contributed by atoms with E-state index in [1.54, 1.807) is 13.7 Å². The standard InChI is InChI=1S/C52H38N4O.C45H38N2OSi.C40H28N2O/c1-37-36-53(38-17-7-2-8-18-38)52(57)46-30-27-45(33-47(37)46)56-50-31-28-43(54(39-19-9-3-10-20-39)40-21-11-4-12-22-40)34-48(50)49-35-44(29-32-51(49)56)55(41-23-13-5-14-24-41)42-25-15-6-16-26-42;1-29-19-23-42-40(25-29)45(38-17-11-9-15-34(38)35-16-10-12-18-39(35)45)41-27-33(49(3,4)5)21-24-43(41)47(42)32-20-22-36-37(26-32)30(2)28-46(44(36)48)31-13-7-6-8-14-31;1-27-26-41(32-15-9-4-10-16-32)40(43)34-20-19-33(25-35(27)34)42-38-21-17-30(28-11-5-2-6-12-28)23-36(38)37-24-31(18-22-39(37)42)29-13-7-3-8-14-29/h2-36H,1H3;6-28H,1-5H3;2-26H,1H3. The predicted octanol–water partition coefficient (Wildman–Crippen LogP) is 33.4. The lowest BCUT2D eigenvalue weighted by molar-refractivity contribution is 0.752. The van der Waals surface area contributed by atoms with Crippen LogP contribution >= 0.6 is 0 Å². The first-order valence-corrected chi connectivity index (χ1v) is 54.4. The smallest absolute Gasteiger partial charge is 0.262 e. The zero-order valence-corrected chi connectivity index (χ0v) is 84.7. The van der Waals surface area contributed by atoms with Gasteiger partial charge in [0.05, 0.1) is 46.9 Å². The number of aryl methyl sites for hydroxylation is 4. The zero-order chi connectivity index (χ0) is 101. The van der Waals surface area contributed by atoms with E-state index in [1.807, 2.05) is 128 Å². The number of hydrogen-bond donors (Lipinski definition) is 0. The van der Waals surface area contributed by atoms with Crippen LogP contribution in [0.1, 0.15) is 44.5 Å². The number of nitrogens with zero attached hydrogens (tertiary/aromatic N) is 8. The molecule has 5 aromatic heterocycles. The van der Waals surface area contributed by atoms with E-state index in [0.29, 0.717) is 10.8 Å². The lowest BCUT2D eigenvalue weighted by Crippen LogP contribution is -2.42. The van der Waals surface area contributed by atoms with E-state index < -0.39 is 13.5 Å². The Balaban J connectivity index is 0.000000117. The van der Waals surface area contributed by atoms with Crippen molar-refractivity contribution in [3.8, 4) is 61.8 Å². The first-order chi connectivity index (χ1) is 72.9. The van der Waals surface area contributed by atoms with Crippen LogP contribution in [0.4, 0.5) is 51.2 Å². The number of pyridine rings is 3. The van der Waals surface area contributed by atoms with Gasteiger partial charge in [-0.3, -0.25) is 28.1 Å². The summed E-state index contributed by atoms with van der Waals surface area (Å²) in [7, 11) is -1.69. The van der Waals surface area contributed by atoms with Crippen LogP contribution in [-0.2, 0) is 5.41 Å². The number of aromatic nitrogens is 5. The quantitative estimate of drug-likeness (QED) is 0.0951. The summed E-state index contributed by atoms with van der Waals surface area (Å²) in [6, 6.07) is 171. The number of rotatable bonds is 15. The molecule has 0 N–H and O–H groups in total. The van der Waals surface area contributed by atoms with Crippen molar-refractivity contribution < 1.29 is 0 Å². The van der Waals surface area contributed by atoms with Gasteiger partial charge >= 0.3 is 0 Å². The van der Waals surface area contributed by atoms with Gasteiger partial charge in [0.1, 0.15) is 0 Å². The summed E-state index contributed by atoms with van der Waals surface area (Å²) in [5, 5.41) is 11.1. The minimum atomic E-state index is -1.69. The van der Waals surface area contributed by atoms with Gasteiger partial charge in [-0.2, -0.15) is 0 Å². The van der Waals surface area contributed by atoms with Crippen molar-refractivity contribution in [2.24, 2.45) is 0 Å². The molecule has 0 unspecified atom stereocenters. The molecule has 0 bridgehead atoms. The number of fused-ring (bicyclic) bond motifs is 18. The van der Waals surface area contributed by atoms with Crippen LogP contribution in [0.3, 0.4) is 0 Å². The number of anilines is 9. The predicted molar refractivity (Wildman–Crippen MR) is 625 cm³/mol. The average Bonchev–Trinajstić information content (AvgIpc) is 1.53. The maximum atomic E-state index is 13.9. The summed E-state index contributed by atoms with van der Waals surface area (Å²) >= 11 is 0. The summed E-state index contributed by atoms with van der Waals surface area (Å²) in [5.41, 5.74) is 35.4. The van der Waals surface area contributed by atoms with E-state index in [2.05, 4.69) is 447 Å². The lowest BCUT2D eigenvalue weighted by atomic mass is 9.64. The van der Waals surface area contributed by atoms with Gasteiger partial charge in [-0.15, -0.1) is 0 Å². The van der Waals surface area contributed by atoms with Gasteiger partial charge in [0.25, 0.3) is 16.7 Å². The Kier molecular flexibility index (Phi) is 23.0. The van der Waals surface area contributed by atoms with Crippen LogP contribution in [0.25, 0.3) is 138 Å². The molecular weight excluding hydrogens is 1830 g/mol. The Labute approximate surface area is 865 Å². The fraction of sp³-hybridized carbons (Fsp3) is 0.0584. The minimum absolute atomic E-state index is 0.00804. The first kappa shape index (κ1) is 91.4. The maximum absolute atomic E-state index is 13.9. The van der Waals surface area contributed by atoms with Gasteiger partial charge in [-0.25, -0.2) is 0 Å². The van der Waals surface area contributed by atoms with Gasteiger partial charge in [-0.1, -0.05) is 303 Å². The molecule has 149 heavy (non-hydrogen) atoms. The highest BCUT2D eigenvalue weighted by atomic mass is 28.3. The highest BCUT2D eigenvalue weighted by Crippen LogP contribution is 2.64. The molecule has 0 saturated heterocycles. The summed E-state index contributed by atoms with van der Waals surface area (Å²) in [6.45, 7) is 15.8. The van der Waals surface area contributed by atoms with Gasteiger partial charge < -0.3 is 23.8 Å². The van der Waals surface area contributed by atoms with Gasteiger partial charge in [0.15, 0.2) is 0 Å². The summed E-state index contributed by atoms with van der Waals surface area (Å²) in [6.07, 6.45) is 5.89. The molecule has 11 nitrogen and oxygen atoms in total. The molecule has 1 aliphatic carbocycles. The number of hydrogen-bond acceptors (Lipinski definition) is 6. The third-order valence-electron chi connectivity index (χ3n) is 30.0. The second-order valence-electron chi connectivity index (χ2n) is 40.1. The normalized spacial score (nSPS) is 12.2. The van der Waals surface area contributed by atoms with Gasteiger partial charge in [-0.05, 0) is 329 Å². The van der Waals surface area contributed by atoms with E-state index in [4.69, 9.17) is 0 Å². The van der Waals surface area contributed by atoms with E-state index in [1.165, 1.54) is 88.5 Å². The molecule has 0 radical (unpaired) electrons. The van der Waals surface area contributed by atoms with Crippen molar-refractivity contribution in [1.29, 1.82) is 0 Å². The van der Waals surface area contributed by atoms with Crippen molar-refractivity contribution >= 4 is 140 Å². The minimum Gasteiger partial charge on any atom is -0.310 e. The van der Waals surface area contributed by atoms with Gasteiger partial charge in [0, 0.05) is 125 Å². The van der Waals surface area contributed by atoms with Crippen LogP contribution in [0.5, 0.6) is 0 Å². The Morgan fingerprint density at radius 1 is 0.221 bits per heavy atom. The van der Waals surface area contributed by atoms with Crippen molar-refractivity contribution in [3.05, 3.63) is 579 Å². The van der Waals surface area contributed by atoms with Gasteiger partial charge in [0.2, 0.25) is 0 Å². The van der Waals surface area contributed by atoms with E-state index in [0.717, 1.165) is 139 Å². The fourth-order valence-corrected chi connectivity index (χ4v) is 24.1. The molecule has 20 aromatic carbocycles. The topological polar surface area (TPSA) is 85.6 Å². The molecule has 6 heterocycles. The third-order valence-corrected chi connectivity index (χ3v) is 32.1. The zero-order valence-electron chi connectivity index (χ0n) is 83.7. The summed E-state index contributed by atoms with van der Waals surface area (Å²) < 4.78 is 9.92. The van der Waals surface area contributed by atoms with Crippen LogP contribution in [-0.4, -0.2) is 30.9 Å². The molecule has 714 valence electrons. The van der Waals surface area contributed by atoms with E-state index >= 15 is 0 Å². The molecule has 27 rings (SSSR count). The van der Waals surface area contributed by atoms with Crippen molar-refractivity contribution in [1.82, 2.24) is 22.8 Å². The molecule has 0 atom stereocenters. The molecule has 1 aliphatic heterocycles. The highest BCUT2D eigenvalue weighted by molar-refractivity contribution is 6.88. The Hall–Kier alpha value is -18.8. The summed E-state index contributed by atoms with van der Waals surface area (Å²) in [5.74, 6) is 0. The fourth-order valence-electron chi connectivity index (χ4n) is 22.9. The summed E-state index contributed by atoms with van der Waals surface area (Å²) in [4.78, 5) is 48.5. The van der Waals surface area contributed by atoms with Crippen LogP contribution in [0, 0.1) is 27.7 Å². The Morgan fingerprint density at radius 3 is 0.899 bits per heavy atom. The largest absolute Gasteiger partial charge is 0.310 e. The van der Waals surface area contributed by atoms with Crippen LogP contribution < -0.4 is 36.6 Å². The second-order valence-corrected chi connectivity index (χ2v) is 45.2. The molecule has 0 amide bonds. The molecule has 2 aliphatic rings. The van der Waals surface area contributed by atoms with E-state index in [9.17, 15) is 14.4 Å².